The van der Waals surface area contributed by atoms with Crippen molar-refractivity contribution >= 4 is 11.7 Å². The first-order valence-corrected chi connectivity index (χ1v) is 7.06. The molecule has 2 aromatic carbocycles. The largest absolute Gasteiger partial charge is 0.475 e. The quantitative estimate of drug-likeness (QED) is 0.369. The van der Waals surface area contributed by atoms with Crippen LogP contribution in [0.15, 0.2) is 29.3 Å². The summed E-state index contributed by atoms with van der Waals surface area (Å²) < 4.78 is 61.0. The van der Waals surface area contributed by atoms with Gasteiger partial charge in [0.2, 0.25) is 5.90 Å². The Labute approximate surface area is 134 Å². The first-order chi connectivity index (χ1) is 11.4. The number of Topliss-reactive ketones (excluding diaryl/α,β-unsaturated/α-hetero) is 1. The van der Waals surface area contributed by atoms with E-state index in [9.17, 15) is 22.4 Å². The van der Waals surface area contributed by atoms with E-state index in [1.807, 2.05) is 0 Å². The zero-order valence-corrected chi connectivity index (χ0v) is 12.5. The van der Waals surface area contributed by atoms with Gasteiger partial charge in [0.25, 0.3) is 0 Å². The molecule has 124 valence electrons. The summed E-state index contributed by atoms with van der Waals surface area (Å²) in [5.74, 6) is -7.46. The highest BCUT2D eigenvalue weighted by Crippen LogP contribution is 2.34. The lowest BCUT2D eigenvalue weighted by Crippen LogP contribution is -2.13. The van der Waals surface area contributed by atoms with Crippen molar-refractivity contribution in [2.45, 2.75) is 6.92 Å². The van der Waals surface area contributed by atoms with Gasteiger partial charge in [0.1, 0.15) is 6.61 Å². The van der Waals surface area contributed by atoms with Gasteiger partial charge in [-0.05, 0) is 12.5 Å². The molecule has 2 aromatic rings. The molecule has 0 N–H and O–H groups in total. The molecule has 0 unspecified atom stereocenters. The number of rotatable bonds is 3. The molecule has 1 heterocycles. The van der Waals surface area contributed by atoms with Gasteiger partial charge in [-0.25, -0.2) is 22.6 Å². The molecule has 24 heavy (non-hydrogen) atoms. The Balaban J connectivity index is 2.27. The van der Waals surface area contributed by atoms with Gasteiger partial charge in [0.05, 0.1) is 12.1 Å². The van der Waals surface area contributed by atoms with Crippen LogP contribution in [0.25, 0.3) is 11.1 Å². The van der Waals surface area contributed by atoms with E-state index in [1.165, 1.54) is 31.2 Å². The Kier molecular flexibility index (Phi) is 4.09. The highest BCUT2D eigenvalue weighted by molar-refractivity contribution is 6.02. The Hall–Kier alpha value is -2.70. The number of hydrogen-bond donors (Lipinski definition) is 0. The number of carbonyl (C=O) groups excluding carboxylic acids is 1. The van der Waals surface area contributed by atoms with Crippen LogP contribution in [0.3, 0.4) is 0 Å². The van der Waals surface area contributed by atoms with Crippen LogP contribution in [-0.2, 0) is 4.74 Å². The fourth-order valence-electron chi connectivity index (χ4n) is 2.46. The predicted molar refractivity (Wildman–Crippen MR) is 79.1 cm³/mol. The van der Waals surface area contributed by atoms with Gasteiger partial charge < -0.3 is 4.74 Å². The van der Waals surface area contributed by atoms with Gasteiger partial charge in [-0.3, -0.25) is 4.79 Å². The number of aliphatic imine (C=N–C) groups is 1. The summed E-state index contributed by atoms with van der Waals surface area (Å²) >= 11 is 0. The fraction of sp³-hybridized carbons (Fsp3) is 0.176. The van der Waals surface area contributed by atoms with E-state index in [4.69, 9.17) is 4.74 Å². The van der Waals surface area contributed by atoms with Crippen molar-refractivity contribution in [2.75, 3.05) is 13.2 Å². The number of ketones is 1. The third-order valence-corrected chi connectivity index (χ3v) is 3.65. The maximum Gasteiger partial charge on any atom is 0.220 e. The smallest absolute Gasteiger partial charge is 0.220 e. The summed E-state index contributed by atoms with van der Waals surface area (Å²) in [5.41, 5.74) is -0.650. The van der Waals surface area contributed by atoms with E-state index in [-0.39, 0.29) is 30.4 Å². The lowest BCUT2D eigenvalue weighted by Gasteiger charge is -2.14. The van der Waals surface area contributed by atoms with Crippen LogP contribution in [0, 0.1) is 23.3 Å². The van der Waals surface area contributed by atoms with Gasteiger partial charge in [-0.2, -0.15) is 0 Å². The molecular formula is C17H11F4NO2. The van der Waals surface area contributed by atoms with Crippen molar-refractivity contribution in [3.8, 4) is 11.1 Å². The predicted octanol–water partition coefficient (Wildman–Crippen LogP) is 3.89. The number of carbonyl (C=O) groups is 1. The van der Waals surface area contributed by atoms with Crippen molar-refractivity contribution in [1.82, 2.24) is 0 Å². The van der Waals surface area contributed by atoms with Gasteiger partial charge in [0, 0.05) is 11.1 Å². The molecule has 0 aromatic heterocycles. The average molecular weight is 337 g/mol. The van der Waals surface area contributed by atoms with E-state index in [1.54, 1.807) is 0 Å². The van der Waals surface area contributed by atoms with E-state index in [0.29, 0.717) is 5.56 Å². The first kappa shape index (κ1) is 16.2. The molecule has 0 amide bonds. The van der Waals surface area contributed by atoms with Crippen LogP contribution >= 0.6 is 0 Å². The van der Waals surface area contributed by atoms with E-state index < -0.39 is 34.4 Å². The van der Waals surface area contributed by atoms with Crippen molar-refractivity contribution in [1.29, 1.82) is 0 Å². The molecule has 0 radical (unpaired) electrons. The normalized spacial score (nSPS) is 13.6. The van der Waals surface area contributed by atoms with Crippen molar-refractivity contribution < 1.29 is 27.1 Å². The number of benzene rings is 2. The van der Waals surface area contributed by atoms with Crippen LogP contribution in [-0.4, -0.2) is 24.8 Å². The zero-order valence-electron chi connectivity index (χ0n) is 12.5. The molecule has 0 saturated carbocycles. The van der Waals surface area contributed by atoms with Crippen LogP contribution in [0.5, 0.6) is 0 Å². The van der Waals surface area contributed by atoms with E-state index in [2.05, 4.69) is 4.99 Å². The van der Waals surface area contributed by atoms with Gasteiger partial charge in [-0.15, -0.1) is 0 Å². The molecule has 7 heteroatoms. The lowest BCUT2D eigenvalue weighted by atomic mass is 9.96. The number of halogens is 4. The average Bonchev–Trinajstić information content (AvgIpc) is 3.10. The van der Waals surface area contributed by atoms with Crippen LogP contribution in [0.1, 0.15) is 22.8 Å². The SMILES string of the molecule is CC(=O)c1ccc(-c2c(F)c(F)c(F)c(F)c2C2=NCCO2)cc1. The summed E-state index contributed by atoms with van der Waals surface area (Å²) in [6.07, 6.45) is 0. The summed E-state index contributed by atoms with van der Waals surface area (Å²) in [4.78, 5) is 15.2. The van der Waals surface area contributed by atoms with Gasteiger partial charge >= 0.3 is 0 Å². The van der Waals surface area contributed by atoms with E-state index in [0.717, 1.165) is 0 Å². The Bertz CT molecular complexity index is 860. The highest BCUT2D eigenvalue weighted by atomic mass is 19.2. The molecular weight excluding hydrogens is 326 g/mol. The van der Waals surface area contributed by atoms with Crippen LogP contribution in [0.2, 0.25) is 0 Å². The number of ether oxygens (including phenoxy) is 1. The molecule has 0 bridgehead atoms. The molecule has 0 saturated heterocycles. The lowest BCUT2D eigenvalue weighted by molar-refractivity contribution is 0.101. The highest BCUT2D eigenvalue weighted by Gasteiger charge is 2.30. The molecule has 0 fully saturated rings. The monoisotopic (exact) mass is 337 g/mol. The first-order valence-electron chi connectivity index (χ1n) is 7.06. The van der Waals surface area contributed by atoms with Crippen LogP contribution < -0.4 is 0 Å². The molecule has 0 atom stereocenters. The molecule has 3 nitrogen and oxygen atoms in total. The van der Waals surface area contributed by atoms with Crippen molar-refractivity contribution in [2.24, 2.45) is 4.99 Å². The second-order valence-corrected chi connectivity index (χ2v) is 5.17. The maximum absolute atomic E-state index is 14.3. The summed E-state index contributed by atoms with van der Waals surface area (Å²) in [5, 5.41) is 0. The molecule has 1 aliphatic heterocycles. The third kappa shape index (κ3) is 2.55. The Morgan fingerprint density at radius 2 is 1.54 bits per heavy atom. The van der Waals surface area contributed by atoms with Gasteiger partial charge in [0.15, 0.2) is 29.1 Å². The minimum atomic E-state index is -1.93. The Morgan fingerprint density at radius 1 is 0.958 bits per heavy atom. The minimum Gasteiger partial charge on any atom is -0.475 e. The number of hydrogen-bond acceptors (Lipinski definition) is 3. The topological polar surface area (TPSA) is 38.7 Å². The second kappa shape index (κ2) is 6.07. The third-order valence-electron chi connectivity index (χ3n) is 3.65. The van der Waals surface area contributed by atoms with Crippen molar-refractivity contribution in [3.05, 3.63) is 58.7 Å². The molecule has 0 aliphatic carbocycles. The maximum atomic E-state index is 14.3. The molecule has 3 rings (SSSR count). The minimum absolute atomic E-state index is 0.0727. The zero-order chi connectivity index (χ0) is 17.4. The van der Waals surface area contributed by atoms with E-state index >= 15 is 0 Å². The molecule has 0 spiro atoms. The van der Waals surface area contributed by atoms with Crippen LogP contribution in [0.4, 0.5) is 17.6 Å². The summed E-state index contributed by atoms with van der Waals surface area (Å²) in [7, 11) is 0. The number of nitrogens with zero attached hydrogens (tertiary/aromatic N) is 1. The molecule has 1 aliphatic rings. The second-order valence-electron chi connectivity index (χ2n) is 5.17. The standard InChI is InChI=1S/C17H11F4NO2/c1-8(23)9-2-4-10(5-3-9)11-12(17-22-6-7-24-17)14(19)16(21)15(20)13(11)18/h2-5H,6-7H2,1H3. The summed E-state index contributed by atoms with van der Waals surface area (Å²) in [6, 6.07) is 5.42. The fourth-order valence-corrected chi connectivity index (χ4v) is 2.46. The Morgan fingerprint density at radius 3 is 2.04 bits per heavy atom. The van der Waals surface area contributed by atoms with Gasteiger partial charge in [-0.1, -0.05) is 24.3 Å². The summed E-state index contributed by atoms with van der Waals surface area (Å²) in [6.45, 7) is 1.69. The van der Waals surface area contributed by atoms with Crippen molar-refractivity contribution in [3.63, 3.8) is 0 Å².